The van der Waals surface area contributed by atoms with Crippen molar-refractivity contribution in [2.24, 2.45) is 0 Å². The third kappa shape index (κ3) is 3.77. The zero-order chi connectivity index (χ0) is 9.02. The maximum absolute atomic E-state index is 10.3. The van der Waals surface area contributed by atoms with Crippen LogP contribution in [-0.2, 0) is 9.53 Å². The molecule has 0 bridgehead atoms. The van der Waals surface area contributed by atoms with E-state index < -0.39 is 12.1 Å². The van der Waals surface area contributed by atoms with Crippen molar-refractivity contribution in [3.8, 4) is 0 Å². The maximum atomic E-state index is 10.3. The summed E-state index contributed by atoms with van der Waals surface area (Å²) in [5.41, 5.74) is 0. The van der Waals surface area contributed by atoms with Gasteiger partial charge in [0.05, 0.1) is 0 Å². The molecule has 0 aliphatic rings. The molecule has 0 radical (unpaired) electrons. The SMILES string of the molecule is C[C@@H](OC(=S)N(C)C)C(=O)O. The third-order valence-corrected chi connectivity index (χ3v) is 1.45. The van der Waals surface area contributed by atoms with E-state index in [0.29, 0.717) is 0 Å². The van der Waals surface area contributed by atoms with E-state index in [9.17, 15) is 4.79 Å². The fourth-order valence-corrected chi connectivity index (χ4v) is 0.451. The second-order valence-electron chi connectivity index (χ2n) is 2.26. The molecule has 0 saturated carbocycles. The van der Waals surface area contributed by atoms with Crippen LogP contribution in [0.1, 0.15) is 6.92 Å². The van der Waals surface area contributed by atoms with Gasteiger partial charge in [0.15, 0.2) is 6.10 Å². The van der Waals surface area contributed by atoms with Gasteiger partial charge in [0.25, 0.3) is 5.17 Å². The normalized spacial score (nSPS) is 11.9. The van der Waals surface area contributed by atoms with E-state index in [1.165, 1.54) is 11.8 Å². The van der Waals surface area contributed by atoms with Crippen molar-refractivity contribution in [1.82, 2.24) is 4.90 Å². The Labute approximate surface area is 70.8 Å². The zero-order valence-electron chi connectivity index (χ0n) is 6.70. The van der Waals surface area contributed by atoms with Crippen molar-refractivity contribution < 1.29 is 14.6 Å². The van der Waals surface area contributed by atoms with Gasteiger partial charge in [-0.1, -0.05) is 0 Å². The lowest BCUT2D eigenvalue weighted by atomic mass is 10.4. The Morgan fingerprint density at radius 3 is 2.36 bits per heavy atom. The van der Waals surface area contributed by atoms with Gasteiger partial charge in [0.1, 0.15) is 0 Å². The van der Waals surface area contributed by atoms with Gasteiger partial charge < -0.3 is 14.7 Å². The Bertz CT molecular complexity index is 169. The number of carboxylic acid groups (broad SMARTS) is 1. The minimum absolute atomic E-state index is 0.180. The van der Waals surface area contributed by atoms with Crippen LogP contribution >= 0.6 is 12.2 Å². The molecule has 0 amide bonds. The summed E-state index contributed by atoms with van der Waals surface area (Å²) in [5, 5.41) is 8.59. The monoisotopic (exact) mass is 177 g/mol. The first kappa shape index (κ1) is 10.2. The summed E-state index contributed by atoms with van der Waals surface area (Å²) in [6.45, 7) is 1.43. The smallest absolute Gasteiger partial charge is 0.344 e. The number of aliphatic carboxylic acids is 1. The summed E-state index contributed by atoms with van der Waals surface area (Å²) < 4.78 is 4.83. The predicted molar refractivity (Wildman–Crippen MR) is 44.5 cm³/mol. The van der Waals surface area contributed by atoms with E-state index >= 15 is 0 Å². The molecule has 1 atom stereocenters. The van der Waals surface area contributed by atoms with Crippen LogP contribution in [0.5, 0.6) is 0 Å². The van der Waals surface area contributed by atoms with E-state index in [2.05, 4.69) is 0 Å². The second kappa shape index (κ2) is 4.12. The lowest BCUT2D eigenvalue weighted by Gasteiger charge is -2.16. The summed E-state index contributed by atoms with van der Waals surface area (Å²) in [5.74, 6) is -1.02. The van der Waals surface area contributed by atoms with Gasteiger partial charge in [-0.25, -0.2) is 4.79 Å². The molecule has 0 aromatic heterocycles. The summed E-state index contributed by atoms with van der Waals surface area (Å²) in [4.78, 5) is 11.8. The summed E-state index contributed by atoms with van der Waals surface area (Å²) in [6, 6.07) is 0. The van der Waals surface area contributed by atoms with Crippen molar-refractivity contribution in [3.63, 3.8) is 0 Å². The number of ether oxygens (including phenoxy) is 1. The minimum atomic E-state index is -1.02. The molecule has 0 unspecified atom stereocenters. The minimum Gasteiger partial charge on any atom is -0.479 e. The van der Waals surface area contributed by atoms with E-state index in [1.807, 2.05) is 0 Å². The molecule has 5 heteroatoms. The molecule has 0 aliphatic carbocycles. The highest BCUT2D eigenvalue weighted by molar-refractivity contribution is 7.80. The molecule has 0 rings (SSSR count). The van der Waals surface area contributed by atoms with Crippen LogP contribution in [0.25, 0.3) is 0 Å². The Balaban J connectivity index is 3.85. The van der Waals surface area contributed by atoms with Crippen molar-refractivity contribution in [2.45, 2.75) is 13.0 Å². The number of carbonyl (C=O) groups is 1. The van der Waals surface area contributed by atoms with Crippen LogP contribution in [-0.4, -0.2) is 41.3 Å². The number of hydrogen-bond acceptors (Lipinski definition) is 3. The highest BCUT2D eigenvalue weighted by Gasteiger charge is 2.14. The molecule has 0 fully saturated rings. The number of hydrogen-bond donors (Lipinski definition) is 1. The summed E-state index contributed by atoms with van der Waals surface area (Å²) >= 11 is 4.71. The summed E-state index contributed by atoms with van der Waals surface area (Å²) in [7, 11) is 3.38. The van der Waals surface area contributed by atoms with Gasteiger partial charge in [-0.15, -0.1) is 0 Å². The van der Waals surface area contributed by atoms with Gasteiger partial charge in [-0.05, 0) is 19.1 Å². The molecule has 0 aromatic carbocycles. The molecular weight excluding hydrogens is 166 g/mol. The molecule has 4 nitrogen and oxygen atoms in total. The highest BCUT2D eigenvalue weighted by atomic mass is 32.1. The first-order valence-electron chi connectivity index (χ1n) is 3.06. The molecule has 0 aliphatic heterocycles. The van der Waals surface area contributed by atoms with Crippen molar-refractivity contribution >= 4 is 23.4 Å². The van der Waals surface area contributed by atoms with E-state index in [0.717, 1.165) is 0 Å². The van der Waals surface area contributed by atoms with Gasteiger partial charge in [0, 0.05) is 14.1 Å². The molecule has 11 heavy (non-hydrogen) atoms. The Kier molecular flexibility index (Phi) is 3.81. The summed E-state index contributed by atoms with van der Waals surface area (Å²) in [6.07, 6.45) is -0.884. The quantitative estimate of drug-likeness (QED) is 0.616. The maximum Gasteiger partial charge on any atom is 0.344 e. The molecule has 0 spiro atoms. The van der Waals surface area contributed by atoms with Gasteiger partial charge >= 0.3 is 5.97 Å². The van der Waals surface area contributed by atoms with Crippen LogP contribution < -0.4 is 0 Å². The first-order valence-corrected chi connectivity index (χ1v) is 3.46. The van der Waals surface area contributed by atoms with Gasteiger partial charge in [0.2, 0.25) is 0 Å². The van der Waals surface area contributed by atoms with Crippen LogP contribution in [0.4, 0.5) is 0 Å². The molecule has 1 N–H and O–H groups in total. The zero-order valence-corrected chi connectivity index (χ0v) is 7.51. The fraction of sp³-hybridized carbons (Fsp3) is 0.667. The highest BCUT2D eigenvalue weighted by Crippen LogP contribution is 1.94. The molecule has 0 heterocycles. The van der Waals surface area contributed by atoms with E-state index in [1.54, 1.807) is 14.1 Å². The molecule has 64 valence electrons. The number of carboxylic acids is 1. The number of rotatable bonds is 2. The number of nitrogens with zero attached hydrogens (tertiary/aromatic N) is 1. The first-order chi connectivity index (χ1) is 4.95. The van der Waals surface area contributed by atoms with E-state index in [-0.39, 0.29) is 5.17 Å². The van der Waals surface area contributed by atoms with Crippen LogP contribution in [0, 0.1) is 0 Å². The Morgan fingerprint density at radius 2 is 2.09 bits per heavy atom. The third-order valence-electron chi connectivity index (χ3n) is 0.991. The van der Waals surface area contributed by atoms with Crippen molar-refractivity contribution in [1.29, 1.82) is 0 Å². The lowest BCUT2D eigenvalue weighted by molar-refractivity contribution is -0.144. The molecule has 0 aromatic rings. The lowest BCUT2D eigenvalue weighted by Crippen LogP contribution is -2.30. The van der Waals surface area contributed by atoms with Gasteiger partial charge in [-0.2, -0.15) is 0 Å². The predicted octanol–water partition coefficient (Wildman–Crippen LogP) is 0.323. The molecule has 0 saturated heterocycles. The standard InChI is InChI=1S/C6H11NO3S/c1-4(5(8)9)10-6(11)7(2)3/h4H,1-3H3,(H,8,9)/t4-/m1/s1. The van der Waals surface area contributed by atoms with E-state index in [4.69, 9.17) is 22.1 Å². The topological polar surface area (TPSA) is 49.8 Å². The van der Waals surface area contributed by atoms with Crippen LogP contribution in [0.3, 0.4) is 0 Å². The van der Waals surface area contributed by atoms with Gasteiger partial charge in [-0.3, -0.25) is 0 Å². The Hall–Kier alpha value is -0.840. The Morgan fingerprint density at radius 1 is 1.64 bits per heavy atom. The molecular formula is C6H11NO3S. The van der Waals surface area contributed by atoms with Crippen molar-refractivity contribution in [2.75, 3.05) is 14.1 Å². The largest absolute Gasteiger partial charge is 0.479 e. The van der Waals surface area contributed by atoms with Crippen LogP contribution in [0.2, 0.25) is 0 Å². The average Bonchev–Trinajstić information content (AvgIpc) is 1.87. The van der Waals surface area contributed by atoms with Crippen molar-refractivity contribution in [3.05, 3.63) is 0 Å². The second-order valence-corrected chi connectivity index (χ2v) is 2.61. The van der Waals surface area contributed by atoms with Crippen LogP contribution in [0.15, 0.2) is 0 Å². The number of thiocarbonyl (C=S) groups is 1. The fourth-order valence-electron chi connectivity index (χ4n) is 0.307. The average molecular weight is 177 g/mol.